The third kappa shape index (κ3) is 3.82. The van der Waals surface area contributed by atoms with Crippen molar-refractivity contribution in [3.05, 3.63) is 35.4 Å². The number of halogens is 2. The molecule has 0 aromatic heterocycles. The lowest BCUT2D eigenvalue weighted by Gasteiger charge is -2.13. The average molecular weight is 243 g/mol. The molecule has 0 saturated carbocycles. The normalized spacial score (nSPS) is 12.1. The van der Waals surface area contributed by atoms with E-state index in [2.05, 4.69) is 0 Å². The molecule has 0 saturated heterocycles. The van der Waals surface area contributed by atoms with Gasteiger partial charge in [-0.05, 0) is 17.7 Å². The summed E-state index contributed by atoms with van der Waals surface area (Å²) in [5.74, 6) is -4.69. The molecule has 1 unspecified atom stereocenters. The van der Waals surface area contributed by atoms with Gasteiger partial charge in [-0.2, -0.15) is 0 Å². The fourth-order valence-corrected chi connectivity index (χ4v) is 1.53. The molecule has 1 rings (SSSR count). The van der Waals surface area contributed by atoms with Crippen LogP contribution in [-0.4, -0.2) is 17.0 Å². The second-order valence-electron chi connectivity index (χ2n) is 3.64. The number of carbonyl (C=O) groups is 2. The van der Waals surface area contributed by atoms with Crippen molar-refractivity contribution in [2.24, 2.45) is 5.73 Å². The minimum Gasteiger partial charge on any atom is -0.481 e. The number of aliphatic carboxylic acids is 1. The molecular weight excluding hydrogens is 232 g/mol. The Labute approximate surface area is 96.0 Å². The van der Waals surface area contributed by atoms with Gasteiger partial charge in [0.1, 0.15) is 0 Å². The Kier molecular flexibility index (Phi) is 4.14. The zero-order valence-corrected chi connectivity index (χ0v) is 8.82. The topological polar surface area (TPSA) is 80.4 Å². The summed E-state index contributed by atoms with van der Waals surface area (Å²) in [7, 11) is 0. The molecule has 0 spiro atoms. The van der Waals surface area contributed by atoms with E-state index >= 15 is 0 Å². The van der Waals surface area contributed by atoms with Gasteiger partial charge >= 0.3 is 5.97 Å². The summed E-state index contributed by atoms with van der Waals surface area (Å²) in [5, 5.41) is 8.66. The highest BCUT2D eigenvalue weighted by Gasteiger charge is 2.19. The number of hydrogen-bond donors (Lipinski definition) is 2. The number of carboxylic acid groups (broad SMARTS) is 1. The predicted molar refractivity (Wildman–Crippen MR) is 55.2 cm³/mol. The smallest absolute Gasteiger partial charge is 0.303 e. The first-order valence-corrected chi connectivity index (χ1v) is 4.85. The molecule has 1 atom stereocenters. The number of carbonyl (C=O) groups excluding carboxylic acids is 1. The number of rotatable bonds is 5. The van der Waals surface area contributed by atoms with Gasteiger partial charge in [-0.15, -0.1) is 0 Å². The molecule has 0 fully saturated rings. The van der Waals surface area contributed by atoms with Crippen LogP contribution in [0.25, 0.3) is 0 Å². The number of amides is 1. The zero-order chi connectivity index (χ0) is 13.0. The van der Waals surface area contributed by atoms with Crippen molar-refractivity contribution in [1.82, 2.24) is 0 Å². The van der Waals surface area contributed by atoms with Gasteiger partial charge in [-0.3, -0.25) is 9.59 Å². The van der Waals surface area contributed by atoms with Crippen LogP contribution in [0.15, 0.2) is 18.2 Å². The monoisotopic (exact) mass is 243 g/mol. The molecule has 92 valence electrons. The maximum absolute atomic E-state index is 13.0. The third-order valence-corrected chi connectivity index (χ3v) is 2.28. The fourth-order valence-electron chi connectivity index (χ4n) is 1.53. The van der Waals surface area contributed by atoms with Crippen LogP contribution in [0.1, 0.15) is 24.3 Å². The quantitative estimate of drug-likeness (QED) is 0.820. The number of carboxylic acids is 1. The van der Waals surface area contributed by atoms with Crippen molar-refractivity contribution >= 4 is 11.9 Å². The Morgan fingerprint density at radius 2 is 1.88 bits per heavy atom. The van der Waals surface area contributed by atoms with Crippen molar-refractivity contribution in [2.75, 3.05) is 0 Å². The van der Waals surface area contributed by atoms with Gasteiger partial charge in [0.05, 0.1) is 6.42 Å². The highest BCUT2D eigenvalue weighted by atomic mass is 19.2. The van der Waals surface area contributed by atoms with Crippen LogP contribution in [0.2, 0.25) is 0 Å². The summed E-state index contributed by atoms with van der Waals surface area (Å²) in [4.78, 5) is 21.4. The van der Waals surface area contributed by atoms with Gasteiger partial charge in [-0.1, -0.05) is 6.07 Å². The van der Waals surface area contributed by atoms with Gasteiger partial charge in [0, 0.05) is 12.3 Å². The summed E-state index contributed by atoms with van der Waals surface area (Å²) >= 11 is 0. The molecule has 1 amide bonds. The highest BCUT2D eigenvalue weighted by Crippen LogP contribution is 2.24. The largest absolute Gasteiger partial charge is 0.481 e. The van der Waals surface area contributed by atoms with Crippen LogP contribution in [0.5, 0.6) is 0 Å². The van der Waals surface area contributed by atoms with E-state index in [1.54, 1.807) is 0 Å². The molecule has 0 radical (unpaired) electrons. The Hall–Kier alpha value is -1.98. The average Bonchev–Trinajstić information content (AvgIpc) is 2.19. The van der Waals surface area contributed by atoms with Crippen LogP contribution in [-0.2, 0) is 9.59 Å². The number of nitrogens with two attached hydrogens (primary N) is 1. The van der Waals surface area contributed by atoms with E-state index in [4.69, 9.17) is 10.8 Å². The first-order chi connectivity index (χ1) is 7.90. The van der Waals surface area contributed by atoms with Crippen LogP contribution < -0.4 is 5.73 Å². The Morgan fingerprint density at radius 1 is 1.24 bits per heavy atom. The zero-order valence-electron chi connectivity index (χ0n) is 8.82. The van der Waals surface area contributed by atoms with E-state index in [0.717, 1.165) is 12.1 Å². The standard InChI is InChI=1S/C11H11F2NO3/c12-8-2-1-6(3-9(8)13)7(4-10(14)15)5-11(16)17/h1-3,7H,4-5H2,(H2,14,15)(H,16,17). The summed E-state index contributed by atoms with van der Waals surface area (Å²) in [6, 6.07) is 3.02. The van der Waals surface area contributed by atoms with E-state index in [9.17, 15) is 18.4 Å². The summed E-state index contributed by atoms with van der Waals surface area (Å²) < 4.78 is 25.7. The molecule has 0 aliphatic carbocycles. The van der Waals surface area contributed by atoms with Crippen molar-refractivity contribution in [3.8, 4) is 0 Å². The molecule has 0 aliphatic heterocycles. The second kappa shape index (κ2) is 5.38. The molecule has 1 aromatic rings. The van der Waals surface area contributed by atoms with Crippen molar-refractivity contribution in [3.63, 3.8) is 0 Å². The third-order valence-electron chi connectivity index (χ3n) is 2.28. The molecule has 1 aromatic carbocycles. The fraction of sp³-hybridized carbons (Fsp3) is 0.273. The summed E-state index contributed by atoms with van der Waals surface area (Å²) in [6.45, 7) is 0. The van der Waals surface area contributed by atoms with Gasteiger partial charge in [-0.25, -0.2) is 8.78 Å². The Balaban J connectivity index is 2.98. The maximum atomic E-state index is 13.0. The Bertz CT molecular complexity index is 432. The maximum Gasteiger partial charge on any atom is 0.303 e. The number of primary amides is 1. The summed E-state index contributed by atoms with van der Waals surface area (Å²) in [5.41, 5.74) is 5.22. The van der Waals surface area contributed by atoms with Crippen molar-refractivity contribution in [1.29, 1.82) is 0 Å². The van der Waals surface area contributed by atoms with Gasteiger partial charge in [0.2, 0.25) is 5.91 Å². The lowest BCUT2D eigenvalue weighted by Crippen LogP contribution is -2.17. The van der Waals surface area contributed by atoms with Crippen molar-refractivity contribution < 1.29 is 23.5 Å². The first kappa shape index (κ1) is 13.1. The van der Waals surface area contributed by atoms with Gasteiger partial charge < -0.3 is 10.8 Å². The second-order valence-corrected chi connectivity index (χ2v) is 3.64. The number of benzene rings is 1. The minimum absolute atomic E-state index is 0.225. The highest BCUT2D eigenvalue weighted by molar-refractivity contribution is 5.76. The van der Waals surface area contributed by atoms with E-state index in [0.29, 0.717) is 0 Å². The van der Waals surface area contributed by atoms with Crippen LogP contribution >= 0.6 is 0 Å². The molecule has 17 heavy (non-hydrogen) atoms. The molecular formula is C11H11F2NO3. The van der Waals surface area contributed by atoms with Gasteiger partial charge in [0.15, 0.2) is 11.6 Å². The molecule has 0 heterocycles. The van der Waals surface area contributed by atoms with E-state index < -0.39 is 29.4 Å². The van der Waals surface area contributed by atoms with Gasteiger partial charge in [0.25, 0.3) is 0 Å². The van der Waals surface area contributed by atoms with Crippen LogP contribution in [0.3, 0.4) is 0 Å². The molecule has 4 nitrogen and oxygen atoms in total. The lowest BCUT2D eigenvalue weighted by atomic mass is 9.92. The predicted octanol–water partition coefficient (Wildman–Crippen LogP) is 1.40. The molecule has 0 bridgehead atoms. The van der Waals surface area contributed by atoms with Crippen LogP contribution in [0, 0.1) is 11.6 Å². The number of hydrogen-bond acceptors (Lipinski definition) is 2. The van der Waals surface area contributed by atoms with E-state index in [1.165, 1.54) is 6.07 Å². The molecule has 6 heteroatoms. The summed E-state index contributed by atoms with van der Waals surface area (Å²) in [6.07, 6.45) is -0.592. The van der Waals surface area contributed by atoms with E-state index in [-0.39, 0.29) is 18.4 Å². The van der Waals surface area contributed by atoms with Crippen molar-refractivity contribution in [2.45, 2.75) is 18.8 Å². The SMILES string of the molecule is NC(=O)CC(CC(=O)O)c1ccc(F)c(F)c1. The van der Waals surface area contributed by atoms with E-state index in [1.807, 2.05) is 0 Å². The molecule has 3 N–H and O–H groups in total. The van der Waals surface area contributed by atoms with Crippen LogP contribution in [0.4, 0.5) is 8.78 Å². The minimum atomic E-state index is -1.14. The lowest BCUT2D eigenvalue weighted by molar-refractivity contribution is -0.137. The first-order valence-electron chi connectivity index (χ1n) is 4.85. The Morgan fingerprint density at radius 3 is 2.35 bits per heavy atom. The molecule has 0 aliphatic rings.